The van der Waals surface area contributed by atoms with E-state index in [0.717, 1.165) is 4.90 Å². The Hall–Kier alpha value is -1.99. The lowest BCUT2D eigenvalue weighted by Gasteiger charge is -2.27. The number of aryl methyl sites for hydroxylation is 1. The predicted octanol–water partition coefficient (Wildman–Crippen LogP) is 1.50. The zero-order valence-electron chi connectivity index (χ0n) is 10.6. The molecule has 0 radical (unpaired) electrons. The number of carbonyl (C=O) groups excluding carboxylic acids is 1. The van der Waals surface area contributed by atoms with Gasteiger partial charge >= 0.3 is 12.1 Å². The number of hydrogen-bond acceptors (Lipinski definition) is 2. The molecule has 1 aliphatic rings. The SMILES string of the molecule is Cn1cccc1C(=O)N1CCC(C(=O)O)(C(F)(F)F)C1. The molecule has 0 spiro atoms. The summed E-state index contributed by atoms with van der Waals surface area (Å²) < 4.78 is 40.5. The van der Waals surface area contributed by atoms with E-state index in [4.69, 9.17) is 5.11 Å². The first kappa shape index (κ1) is 14.4. The molecule has 1 amide bonds. The maximum atomic E-state index is 13.0. The summed E-state index contributed by atoms with van der Waals surface area (Å²) in [5.74, 6) is -2.53. The van der Waals surface area contributed by atoms with Crippen LogP contribution in [-0.4, -0.2) is 45.7 Å². The lowest BCUT2D eigenvalue weighted by molar-refractivity contribution is -0.227. The van der Waals surface area contributed by atoms with Gasteiger partial charge in [0.15, 0.2) is 5.41 Å². The van der Waals surface area contributed by atoms with Crippen LogP contribution in [0.25, 0.3) is 0 Å². The number of aliphatic carboxylic acids is 1. The minimum atomic E-state index is -4.89. The fourth-order valence-corrected chi connectivity index (χ4v) is 2.36. The predicted molar refractivity (Wildman–Crippen MR) is 62.1 cm³/mol. The highest BCUT2D eigenvalue weighted by atomic mass is 19.4. The van der Waals surface area contributed by atoms with E-state index in [9.17, 15) is 22.8 Å². The van der Waals surface area contributed by atoms with E-state index in [0.29, 0.717) is 0 Å². The number of carboxylic acids is 1. The van der Waals surface area contributed by atoms with Crippen molar-refractivity contribution in [3.05, 3.63) is 24.0 Å². The fraction of sp³-hybridized carbons (Fsp3) is 0.500. The van der Waals surface area contributed by atoms with E-state index >= 15 is 0 Å². The summed E-state index contributed by atoms with van der Waals surface area (Å²) in [4.78, 5) is 24.1. The van der Waals surface area contributed by atoms with Gasteiger partial charge in [-0.15, -0.1) is 0 Å². The normalized spacial score (nSPS) is 23.1. The Morgan fingerprint density at radius 1 is 1.40 bits per heavy atom. The van der Waals surface area contributed by atoms with Crippen LogP contribution < -0.4 is 0 Å². The number of nitrogens with zero attached hydrogens (tertiary/aromatic N) is 2. The lowest BCUT2D eigenvalue weighted by atomic mass is 9.86. The maximum Gasteiger partial charge on any atom is 0.406 e. The Morgan fingerprint density at radius 3 is 2.45 bits per heavy atom. The summed E-state index contributed by atoms with van der Waals surface area (Å²) >= 11 is 0. The smallest absolute Gasteiger partial charge is 0.406 e. The number of likely N-dealkylation sites (tertiary alicyclic amines) is 1. The van der Waals surface area contributed by atoms with Crippen molar-refractivity contribution in [3.8, 4) is 0 Å². The van der Waals surface area contributed by atoms with Gasteiger partial charge in [-0.1, -0.05) is 0 Å². The van der Waals surface area contributed by atoms with E-state index < -0.39 is 36.4 Å². The molecular formula is C12H13F3N2O3. The second-order valence-electron chi connectivity index (χ2n) is 4.87. The molecule has 20 heavy (non-hydrogen) atoms. The Balaban J connectivity index is 2.26. The molecule has 2 rings (SSSR count). The molecule has 5 nitrogen and oxygen atoms in total. The van der Waals surface area contributed by atoms with Crippen LogP contribution in [-0.2, 0) is 11.8 Å². The summed E-state index contributed by atoms with van der Waals surface area (Å²) in [6.45, 7) is -1.08. The number of amides is 1. The second kappa shape index (κ2) is 4.53. The Kier molecular flexibility index (Phi) is 3.27. The van der Waals surface area contributed by atoms with E-state index in [1.807, 2.05) is 0 Å². The number of carboxylic acid groups (broad SMARTS) is 1. The minimum Gasteiger partial charge on any atom is -0.481 e. The van der Waals surface area contributed by atoms with Gasteiger partial charge < -0.3 is 14.6 Å². The molecule has 110 valence electrons. The number of aromatic nitrogens is 1. The molecule has 0 aromatic carbocycles. The number of alkyl halides is 3. The highest BCUT2D eigenvalue weighted by Gasteiger charge is 2.64. The number of hydrogen-bond donors (Lipinski definition) is 1. The largest absolute Gasteiger partial charge is 0.481 e. The molecule has 1 unspecified atom stereocenters. The third-order valence-electron chi connectivity index (χ3n) is 3.67. The second-order valence-corrected chi connectivity index (χ2v) is 4.87. The molecule has 1 aromatic rings. The van der Waals surface area contributed by atoms with Gasteiger partial charge in [-0.3, -0.25) is 9.59 Å². The van der Waals surface area contributed by atoms with E-state index in [1.165, 1.54) is 10.6 Å². The molecule has 1 saturated heterocycles. The summed E-state index contributed by atoms with van der Waals surface area (Å²) in [6, 6.07) is 3.08. The van der Waals surface area contributed by atoms with Crippen molar-refractivity contribution in [2.75, 3.05) is 13.1 Å². The lowest BCUT2D eigenvalue weighted by Crippen LogP contribution is -2.47. The van der Waals surface area contributed by atoms with Crippen molar-refractivity contribution in [2.24, 2.45) is 12.5 Å². The molecule has 1 fully saturated rings. The van der Waals surface area contributed by atoms with E-state index in [-0.39, 0.29) is 12.2 Å². The van der Waals surface area contributed by atoms with E-state index in [1.54, 1.807) is 19.3 Å². The molecule has 0 aliphatic carbocycles. The van der Waals surface area contributed by atoms with Gasteiger partial charge in [0.25, 0.3) is 5.91 Å². The third-order valence-corrected chi connectivity index (χ3v) is 3.67. The van der Waals surface area contributed by atoms with Crippen LogP contribution in [0.1, 0.15) is 16.9 Å². The fourth-order valence-electron chi connectivity index (χ4n) is 2.36. The summed E-state index contributed by atoms with van der Waals surface area (Å²) in [6.07, 6.45) is -3.92. The molecule has 1 aromatic heterocycles. The molecular weight excluding hydrogens is 277 g/mol. The van der Waals surface area contributed by atoms with Crippen molar-refractivity contribution < 1.29 is 27.9 Å². The highest BCUT2D eigenvalue weighted by molar-refractivity contribution is 5.93. The van der Waals surface area contributed by atoms with Crippen LogP contribution >= 0.6 is 0 Å². The van der Waals surface area contributed by atoms with Gasteiger partial charge in [-0.05, 0) is 18.6 Å². The monoisotopic (exact) mass is 290 g/mol. The molecule has 0 saturated carbocycles. The minimum absolute atomic E-state index is 0.226. The van der Waals surface area contributed by atoms with Crippen molar-refractivity contribution in [3.63, 3.8) is 0 Å². The number of carbonyl (C=O) groups is 2. The third kappa shape index (κ3) is 2.04. The Labute approximate surface area is 112 Å². The van der Waals surface area contributed by atoms with Crippen LogP contribution in [0.2, 0.25) is 0 Å². The first-order valence-corrected chi connectivity index (χ1v) is 5.90. The summed E-state index contributed by atoms with van der Waals surface area (Å²) in [5, 5.41) is 8.92. The Morgan fingerprint density at radius 2 is 2.05 bits per heavy atom. The van der Waals surface area contributed by atoms with Crippen molar-refractivity contribution in [1.29, 1.82) is 0 Å². The van der Waals surface area contributed by atoms with E-state index in [2.05, 4.69) is 0 Å². The molecule has 1 N–H and O–H groups in total. The summed E-state index contributed by atoms with van der Waals surface area (Å²) in [5.41, 5.74) is -2.64. The van der Waals surface area contributed by atoms with Crippen LogP contribution in [0.5, 0.6) is 0 Å². The van der Waals surface area contributed by atoms with Crippen LogP contribution in [0, 0.1) is 5.41 Å². The van der Waals surface area contributed by atoms with Gasteiger partial charge in [0.1, 0.15) is 5.69 Å². The van der Waals surface area contributed by atoms with Crippen molar-refractivity contribution in [1.82, 2.24) is 9.47 Å². The van der Waals surface area contributed by atoms with Gasteiger partial charge in [0, 0.05) is 26.3 Å². The molecule has 1 aliphatic heterocycles. The molecule has 1 atom stereocenters. The molecule has 0 bridgehead atoms. The van der Waals surface area contributed by atoms with Crippen LogP contribution in [0.3, 0.4) is 0 Å². The molecule has 2 heterocycles. The zero-order chi connectivity index (χ0) is 15.1. The van der Waals surface area contributed by atoms with Gasteiger partial charge in [0.05, 0.1) is 0 Å². The zero-order valence-corrected chi connectivity index (χ0v) is 10.6. The first-order valence-electron chi connectivity index (χ1n) is 5.90. The van der Waals surface area contributed by atoms with Gasteiger partial charge in [-0.25, -0.2) is 0 Å². The van der Waals surface area contributed by atoms with Crippen LogP contribution in [0.15, 0.2) is 18.3 Å². The highest BCUT2D eigenvalue weighted by Crippen LogP contribution is 2.45. The van der Waals surface area contributed by atoms with Gasteiger partial charge in [-0.2, -0.15) is 13.2 Å². The topological polar surface area (TPSA) is 62.5 Å². The molecule has 8 heteroatoms. The quantitative estimate of drug-likeness (QED) is 0.898. The first-order chi connectivity index (χ1) is 9.19. The van der Waals surface area contributed by atoms with Gasteiger partial charge in [0.2, 0.25) is 0 Å². The van der Waals surface area contributed by atoms with Crippen molar-refractivity contribution in [2.45, 2.75) is 12.6 Å². The maximum absolute atomic E-state index is 13.0. The standard InChI is InChI=1S/C12H13F3N2O3/c1-16-5-2-3-8(16)9(18)17-6-4-11(7-17,10(19)20)12(13,14)15/h2-3,5H,4,6-7H2,1H3,(H,19,20). The number of rotatable bonds is 2. The number of halogens is 3. The average molecular weight is 290 g/mol. The summed E-state index contributed by atoms with van der Waals surface area (Å²) in [7, 11) is 1.59. The Bertz CT molecular complexity index is 552. The average Bonchev–Trinajstić information content (AvgIpc) is 2.93. The van der Waals surface area contributed by atoms with Crippen molar-refractivity contribution >= 4 is 11.9 Å². The van der Waals surface area contributed by atoms with Crippen LogP contribution in [0.4, 0.5) is 13.2 Å².